The highest BCUT2D eigenvalue weighted by Gasteiger charge is 2.10. The lowest BCUT2D eigenvalue weighted by Crippen LogP contribution is -2.09. The van der Waals surface area contributed by atoms with E-state index in [2.05, 4.69) is 41.8 Å². The van der Waals surface area contributed by atoms with E-state index in [-0.39, 0.29) is 0 Å². The maximum absolute atomic E-state index is 4.43. The number of nitrogens with zero attached hydrogens (tertiary/aromatic N) is 2. The monoisotopic (exact) mass is 209 g/mol. The summed E-state index contributed by atoms with van der Waals surface area (Å²) in [6.45, 7) is 8.83. The molecular formula is C12H23N3. The highest BCUT2D eigenvalue weighted by molar-refractivity contribution is 5.28. The first-order valence-electron chi connectivity index (χ1n) is 5.77. The Morgan fingerprint density at radius 1 is 1.33 bits per heavy atom. The quantitative estimate of drug-likeness (QED) is 0.807. The Bertz CT molecular complexity index is 302. The fourth-order valence-corrected chi connectivity index (χ4v) is 1.75. The van der Waals surface area contributed by atoms with Crippen molar-refractivity contribution in [3.05, 3.63) is 11.9 Å². The molecule has 1 rings (SSSR count). The molecule has 0 aliphatic rings. The van der Waals surface area contributed by atoms with Crippen molar-refractivity contribution in [2.45, 2.75) is 46.6 Å². The minimum absolute atomic E-state index is 0.524. The third kappa shape index (κ3) is 3.26. The van der Waals surface area contributed by atoms with Gasteiger partial charge in [0, 0.05) is 19.3 Å². The predicted molar refractivity (Wildman–Crippen MR) is 65.3 cm³/mol. The van der Waals surface area contributed by atoms with E-state index >= 15 is 0 Å². The van der Waals surface area contributed by atoms with Crippen LogP contribution in [0.25, 0.3) is 0 Å². The minimum Gasteiger partial charge on any atom is -0.359 e. The summed E-state index contributed by atoms with van der Waals surface area (Å²) in [4.78, 5) is 4.43. The molecule has 3 nitrogen and oxygen atoms in total. The molecule has 1 atom stereocenters. The molecule has 0 amide bonds. The first-order valence-corrected chi connectivity index (χ1v) is 5.77. The molecule has 1 heterocycles. The number of anilines is 1. The summed E-state index contributed by atoms with van der Waals surface area (Å²) in [5.41, 5.74) is 1.08. The van der Waals surface area contributed by atoms with E-state index < -0.39 is 0 Å². The molecule has 86 valence electrons. The fourth-order valence-electron chi connectivity index (χ4n) is 1.75. The molecule has 0 radical (unpaired) electrons. The first kappa shape index (κ1) is 12.1. The van der Waals surface area contributed by atoms with Gasteiger partial charge >= 0.3 is 0 Å². The van der Waals surface area contributed by atoms with Crippen LogP contribution in [0.2, 0.25) is 0 Å². The largest absolute Gasteiger partial charge is 0.359 e. The molecule has 0 spiro atoms. The Morgan fingerprint density at radius 2 is 2.00 bits per heavy atom. The van der Waals surface area contributed by atoms with E-state index in [4.69, 9.17) is 0 Å². The van der Waals surface area contributed by atoms with Gasteiger partial charge in [0.05, 0.1) is 5.69 Å². The fraction of sp³-hybridized carbons (Fsp3) is 0.750. The van der Waals surface area contributed by atoms with Crippen LogP contribution in [0.15, 0.2) is 6.20 Å². The Labute approximate surface area is 92.9 Å². The first-order chi connectivity index (χ1) is 7.04. The molecule has 0 fully saturated rings. The number of hydrogen-bond donors (Lipinski definition) is 1. The Kier molecular flexibility index (Phi) is 4.18. The standard InChI is InChI=1S/C12H23N3/c1-9(2)6-7-11(4)15-8-10(3)14-12(15)13-5/h8-9,11H,6-7H2,1-5H3,(H,13,14). The second-order valence-corrected chi connectivity index (χ2v) is 4.68. The Morgan fingerprint density at radius 3 is 2.53 bits per heavy atom. The molecule has 0 aliphatic carbocycles. The van der Waals surface area contributed by atoms with Gasteiger partial charge in [-0.3, -0.25) is 0 Å². The zero-order chi connectivity index (χ0) is 11.4. The second kappa shape index (κ2) is 5.19. The SMILES string of the molecule is CNc1nc(C)cn1C(C)CCC(C)C. The highest BCUT2D eigenvalue weighted by atomic mass is 15.2. The van der Waals surface area contributed by atoms with Gasteiger partial charge in [-0.05, 0) is 32.6 Å². The molecule has 15 heavy (non-hydrogen) atoms. The van der Waals surface area contributed by atoms with Gasteiger partial charge in [-0.15, -0.1) is 0 Å². The van der Waals surface area contributed by atoms with Gasteiger partial charge in [-0.1, -0.05) is 13.8 Å². The van der Waals surface area contributed by atoms with Crippen LogP contribution in [0, 0.1) is 12.8 Å². The molecule has 3 heteroatoms. The molecule has 1 N–H and O–H groups in total. The van der Waals surface area contributed by atoms with Crippen LogP contribution in [0.1, 0.15) is 45.3 Å². The van der Waals surface area contributed by atoms with Crippen LogP contribution < -0.4 is 5.32 Å². The Hall–Kier alpha value is -0.990. The van der Waals surface area contributed by atoms with Crippen LogP contribution in [-0.4, -0.2) is 16.6 Å². The van der Waals surface area contributed by atoms with E-state index in [0.29, 0.717) is 6.04 Å². The van der Waals surface area contributed by atoms with Crippen molar-refractivity contribution < 1.29 is 0 Å². The molecule has 0 saturated carbocycles. The summed E-state index contributed by atoms with van der Waals surface area (Å²) >= 11 is 0. The average Bonchev–Trinajstić information content (AvgIpc) is 2.56. The zero-order valence-corrected chi connectivity index (χ0v) is 10.5. The molecule has 0 saturated heterocycles. The topological polar surface area (TPSA) is 29.9 Å². The van der Waals surface area contributed by atoms with Crippen LogP contribution in [0.3, 0.4) is 0 Å². The van der Waals surface area contributed by atoms with Gasteiger partial charge in [0.15, 0.2) is 0 Å². The molecule has 1 aromatic rings. The number of nitrogens with one attached hydrogen (secondary N) is 1. The van der Waals surface area contributed by atoms with Gasteiger partial charge in [-0.25, -0.2) is 4.98 Å². The van der Waals surface area contributed by atoms with Gasteiger partial charge in [-0.2, -0.15) is 0 Å². The molecule has 1 unspecified atom stereocenters. The smallest absolute Gasteiger partial charge is 0.203 e. The van der Waals surface area contributed by atoms with Gasteiger partial charge in [0.1, 0.15) is 0 Å². The van der Waals surface area contributed by atoms with Crippen LogP contribution in [0.5, 0.6) is 0 Å². The lowest BCUT2D eigenvalue weighted by atomic mass is 10.0. The average molecular weight is 209 g/mol. The molecule has 0 aliphatic heterocycles. The highest BCUT2D eigenvalue weighted by Crippen LogP contribution is 2.21. The maximum atomic E-state index is 4.43. The third-order valence-corrected chi connectivity index (χ3v) is 2.71. The van der Waals surface area contributed by atoms with E-state index in [1.54, 1.807) is 0 Å². The van der Waals surface area contributed by atoms with Gasteiger partial charge in [0.2, 0.25) is 5.95 Å². The van der Waals surface area contributed by atoms with E-state index in [1.807, 2.05) is 14.0 Å². The van der Waals surface area contributed by atoms with Crippen molar-refractivity contribution in [1.82, 2.24) is 9.55 Å². The van der Waals surface area contributed by atoms with Crippen LogP contribution >= 0.6 is 0 Å². The summed E-state index contributed by atoms with van der Waals surface area (Å²) in [5.74, 6) is 1.75. The van der Waals surface area contributed by atoms with Crippen LogP contribution in [0.4, 0.5) is 5.95 Å². The number of aryl methyl sites for hydroxylation is 1. The maximum Gasteiger partial charge on any atom is 0.203 e. The lowest BCUT2D eigenvalue weighted by molar-refractivity contribution is 0.442. The van der Waals surface area contributed by atoms with Crippen molar-refractivity contribution in [3.63, 3.8) is 0 Å². The number of imidazole rings is 1. The van der Waals surface area contributed by atoms with Crippen LogP contribution in [-0.2, 0) is 0 Å². The summed E-state index contributed by atoms with van der Waals surface area (Å²) in [6, 6.07) is 0.524. The summed E-state index contributed by atoms with van der Waals surface area (Å²) in [7, 11) is 1.92. The molecule has 0 aromatic carbocycles. The molecular weight excluding hydrogens is 186 g/mol. The van der Waals surface area contributed by atoms with E-state index in [1.165, 1.54) is 12.8 Å². The molecule has 1 aromatic heterocycles. The van der Waals surface area contributed by atoms with E-state index in [9.17, 15) is 0 Å². The summed E-state index contributed by atoms with van der Waals surface area (Å²) < 4.78 is 2.23. The van der Waals surface area contributed by atoms with Crippen molar-refractivity contribution in [2.24, 2.45) is 5.92 Å². The minimum atomic E-state index is 0.524. The van der Waals surface area contributed by atoms with Gasteiger partial charge in [0.25, 0.3) is 0 Å². The zero-order valence-electron chi connectivity index (χ0n) is 10.5. The Balaban J connectivity index is 2.67. The normalized spacial score (nSPS) is 13.2. The lowest BCUT2D eigenvalue weighted by Gasteiger charge is -2.16. The predicted octanol–water partition coefficient (Wildman–Crippen LogP) is 3.23. The number of hydrogen-bond acceptors (Lipinski definition) is 2. The van der Waals surface area contributed by atoms with Crippen molar-refractivity contribution in [1.29, 1.82) is 0 Å². The van der Waals surface area contributed by atoms with Crippen molar-refractivity contribution in [3.8, 4) is 0 Å². The van der Waals surface area contributed by atoms with Crippen molar-refractivity contribution in [2.75, 3.05) is 12.4 Å². The van der Waals surface area contributed by atoms with Gasteiger partial charge < -0.3 is 9.88 Å². The van der Waals surface area contributed by atoms with E-state index in [0.717, 1.165) is 17.6 Å². The van der Waals surface area contributed by atoms with Crippen molar-refractivity contribution >= 4 is 5.95 Å². The summed E-state index contributed by atoms with van der Waals surface area (Å²) in [6.07, 6.45) is 4.60. The summed E-state index contributed by atoms with van der Waals surface area (Å²) in [5, 5.41) is 3.14. The molecule has 0 bridgehead atoms. The number of aromatic nitrogens is 2. The third-order valence-electron chi connectivity index (χ3n) is 2.71. The number of rotatable bonds is 5. The second-order valence-electron chi connectivity index (χ2n) is 4.68.